The van der Waals surface area contributed by atoms with E-state index in [-0.39, 0.29) is 5.82 Å². The van der Waals surface area contributed by atoms with Gasteiger partial charge in [-0.25, -0.2) is 4.39 Å². The standard InChI is InChI=1S/C13H16FN3O2/c1-16(11-4-2-10(14)3-5-11)12(18)13(19)17-8-6-15-7-9-17/h2-5,15H,6-9H2,1H3. The van der Waals surface area contributed by atoms with Crippen LogP contribution in [0.4, 0.5) is 10.1 Å². The molecule has 0 radical (unpaired) electrons. The summed E-state index contributed by atoms with van der Waals surface area (Å²) >= 11 is 0. The number of benzene rings is 1. The van der Waals surface area contributed by atoms with E-state index in [0.717, 1.165) is 0 Å². The van der Waals surface area contributed by atoms with E-state index in [2.05, 4.69) is 5.32 Å². The molecular weight excluding hydrogens is 249 g/mol. The summed E-state index contributed by atoms with van der Waals surface area (Å²) in [6.07, 6.45) is 0. The molecule has 1 aliphatic heterocycles. The third kappa shape index (κ3) is 3.08. The van der Waals surface area contributed by atoms with Gasteiger partial charge in [0, 0.05) is 38.9 Å². The van der Waals surface area contributed by atoms with Crippen molar-refractivity contribution in [3.05, 3.63) is 30.1 Å². The lowest BCUT2D eigenvalue weighted by Gasteiger charge is -2.28. The Kier molecular flexibility index (Phi) is 4.11. The summed E-state index contributed by atoms with van der Waals surface area (Å²) in [5.41, 5.74) is 0.495. The lowest BCUT2D eigenvalue weighted by atomic mass is 10.2. The molecule has 0 saturated carbocycles. The third-order valence-electron chi connectivity index (χ3n) is 3.11. The van der Waals surface area contributed by atoms with Crippen molar-refractivity contribution in [3.8, 4) is 0 Å². The van der Waals surface area contributed by atoms with Crippen LogP contribution in [0.3, 0.4) is 0 Å². The van der Waals surface area contributed by atoms with Gasteiger partial charge >= 0.3 is 11.8 Å². The first kappa shape index (κ1) is 13.5. The number of carbonyl (C=O) groups is 2. The van der Waals surface area contributed by atoms with Gasteiger partial charge in [-0.3, -0.25) is 9.59 Å². The predicted octanol–water partition coefficient (Wildman–Crippen LogP) is 0.220. The second-order valence-corrected chi connectivity index (χ2v) is 4.38. The Morgan fingerprint density at radius 3 is 2.37 bits per heavy atom. The van der Waals surface area contributed by atoms with E-state index in [0.29, 0.717) is 31.9 Å². The lowest BCUT2D eigenvalue weighted by molar-refractivity contribution is -0.144. The molecule has 1 aromatic rings. The van der Waals surface area contributed by atoms with Gasteiger partial charge in [0.15, 0.2) is 0 Å². The van der Waals surface area contributed by atoms with Crippen LogP contribution in [-0.2, 0) is 9.59 Å². The molecule has 2 amide bonds. The van der Waals surface area contributed by atoms with E-state index in [1.165, 1.54) is 41.1 Å². The molecule has 1 aliphatic rings. The van der Waals surface area contributed by atoms with Crippen LogP contribution in [0.1, 0.15) is 0 Å². The van der Waals surface area contributed by atoms with E-state index in [4.69, 9.17) is 0 Å². The first-order chi connectivity index (χ1) is 9.09. The molecule has 6 heteroatoms. The van der Waals surface area contributed by atoms with Crippen molar-refractivity contribution in [2.75, 3.05) is 38.1 Å². The topological polar surface area (TPSA) is 52.7 Å². The van der Waals surface area contributed by atoms with E-state index in [1.807, 2.05) is 0 Å². The molecule has 1 fully saturated rings. The van der Waals surface area contributed by atoms with Gasteiger partial charge < -0.3 is 15.1 Å². The molecule has 0 aromatic heterocycles. The summed E-state index contributed by atoms with van der Waals surface area (Å²) in [7, 11) is 1.51. The van der Waals surface area contributed by atoms with Crippen LogP contribution >= 0.6 is 0 Å². The molecule has 1 heterocycles. The Morgan fingerprint density at radius 1 is 1.21 bits per heavy atom. The highest BCUT2D eigenvalue weighted by Gasteiger charge is 2.26. The fraction of sp³-hybridized carbons (Fsp3) is 0.385. The number of rotatable bonds is 1. The fourth-order valence-corrected chi connectivity index (χ4v) is 1.93. The highest BCUT2D eigenvalue weighted by Crippen LogP contribution is 2.14. The zero-order chi connectivity index (χ0) is 13.8. The van der Waals surface area contributed by atoms with Crippen LogP contribution in [0.5, 0.6) is 0 Å². The van der Waals surface area contributed by atoms with Crippen molar-refractivity contribution >= 4 is 17.5 Å². The van der Waals surface area contributed by atoms with Crippen molar-refractivity contribution in [3.63, 3.8) is 0 Å². The average Bonchev–Trinajstić information content (AvgIpc) is 2.46. The van der Waals surface area contributed by atoms with Gasteiger partial charge in [-0.05, 0) is 24.3 Å². The molecule has 0 atom stereocenters. The van der Waals surface area contributed by atoms with Gasteiger partial charge in [0.1, 0.15) is 5.82 Å². The summed E-state index contributed by atoms with van der Waals surface area (Å²) in [5, 5.41) is 3.12. The number of anilines is 1. The molecule has 2 rings (SSSR count). The highest BCUT2D eigenvalue weighted by molar-refractivity contribution is 6.40. The van der Waals surface area contributed by atoms with E-state index in [1.54, 1.807) is 0 Å². The molecule has 0 unspecified atom stereocenters. The van der Waals surface area contributed by atoms with Gasteiger partial charge in [-0.15, -0.1) is 0 Å². The van der Waals surface area contributed by atoms with Gasteiger partial charge in [0.2, 0.25) is 0 Å². The lowest BCUT2D eigenvalue weighted by Crippen LogP contribution is -2.51. The number of carbonyl (C=O) groups excluding carboxylic acids is 2. The average molecular weight is 265 g/mol. The molecular formula is C13H16FN3O2. The van der Waals surface area contributed by atoms with Crippen LogP contribution in [-0.4, -0.2) is 49.9 Å². The number of amides is 2. The number of halogens is 1. The number of piperazine rings is 1. The molecule has 19 heavy (non-hydrogen) atoms. The summed E-state index contributed by atoms with van der Waals surface area (Å²) < 4.78 is 12.8. The monoisotopic (exact) mass is 265 g/mol. The largest absolute Gasteiger partial charge is 0.332 e. The summed E-state index contributed by atoms with van der Waals surface area (Å²) in [6.45, 7) is 2.45. The minimum atomic E-state index is -0.603. The van der Waals surface area contributed by atoms with Crippen molar-refractivity contribution in [2.45, 2.75) is 0 Å². The first-order valence-electron chi connectivity index (χ1n) is 6.13. The summed E-state index contributed by atoms with van der Waals surface area (Å²) in [5.74, 6) is -1.50. The Labute approximate surface area is 111 Å². The van der Waals surface area contributed by atoms with Crippen LogP contribution in [0.2, 0.25) is 0 Å². The minimum Gasteiger partial charge on any atom is -0.332 e. The van der Waals surface area contributed by atoms with Crippen LogP contribution < -0.4 is 10.2 Å². The van der Waals surface area contributed by atoms with Crippen molar-refractivity contribution in [1.29, 1.82) is 0 Å². The number of likely N-dealkylation sites (N-methyl/N-ethyl adjacent to an activating group) is 1. The highest BCUT2D eigenvalue weighted by atomic mass is 19.1. The van der Waals surface area contributed by atoms with E-state index < -0.39 is 11.8 Å². The molecule has 102 valence electrons. The molecule has 0 bridgehead atoms. The van der Waals surface area contributed by atoms with E-state index >= 15 is 0 Å². The maximum Gasteiger partial charge on any atom is 0.316 e. The zero-order valence-corrected chi connectivity index (χ0v) is 10.7. The maximum atomic E-state index is 12.8. The maximum absolute atomic E-state index is 12.8. The molecule has 5 nitrogen and oxygen atoms in total. The van der Waals surface area contributed by atoms with Crippen molar-refractivity contribution in [2.24, 2.45) is 0 Å². The minimum absolute atomic E-state index is 0.377. The number of nitrogens with zero attached hydrogens (tertiary/aromatic N) is 2. The first-order valence-corrected chi connectivity index (χ1v) is 6.13. The SMILES string of the molecule is CN(C(=O)C(=O)N1CCNCC1)c1ccc(F)cc1. The zero-order valence-electron chi connectivity index (χ0n) is 10.7. The Morgan fingerprint density at radius 2 is 1.79 bits per heavy atom. The van der Waals surface area contributed by atoms with Gasteiger partial charge in [0.05, 0.1) is 0 Å². The van der Waals surface area contributed by atoms with Crippen LogP contribution in [0.25, 0.3) is 0 Å². The number of nitrogens with one attached hydrogen (secondary N) is 1. The smallest absolute Gasteiger partial charge is 0.316 e. The van der Waals surface area contributed by atoms with Crippen molar-refractivity contribution in [1.82, 2.24) is 10.2 Å². The van der Waals surface area contributed by atoms with Gasteiger partial charge in [0.25, 0.3) is 0 Å². The second kappa shape index (κ2) is 5.79. The Balaban J connectivity index is 2.05. The second-order valence-electron chi connectivity index (χ2n) is 4.38. The Hall–Kier alpha value is -1.95. The van der Waals surface area contributed by atoms with Crippen LogP contribution in [0.15, 0.2) is 24.3 Å². The molecule has 1 aromatic carbocycles. The molecule has 0 aliphatic carbocycles. The fourth-order valence-electron chi connectivity index (χ4n) is 1.93. The Bertz CT molecular complexity index is 469. The normalized spacial score (nSPS) is 15.2. The molecule has 1 saturated heterocycles. The summed E-state index contributed by atoms with van der Waals surface area (Å²) in [4.78, 5) is 26.8. The quantitative estimate of drug-likeness (QED) is 0.739. The third-order valence-corrected chi connectivity index (χ3v) is 3.11. The number of hydrogen-bond acceptors (Lipinski definition) is 3. The van der Waals surface area contributed by atoms with Crippen LogP contribution in [0, 0.1) is 5.82 Å². The van der Waals surface area contributed by atoms with E-state index in [9.17, 15) is 14.0 Å². The predicted molar refractivity (Wildman–Crippen MR) is 69.3 cm³/mol. The summed E-state index contributed by atoms with van der Waals surface area (Å²) in [6, 6.07) is 5.46. The van der Waals surface area contributed by atoms with Crippen molar-refractivity contribution < 1.29 is 14.0 Å². The van der Waals surface area contributed by atoms with Gasteiger partial charge in [-0.1, -0.05) is 0 Å². The molecule has 0 spiro atoms. The number of hydrogen-bond donors (Lipinski definition) is 1. The molecule has 1 N–H and O–H groups in total. The van der Waals surface area contributed by atoms with Gasteiger partial charge in [-0.2, -0.15) is 0 Å².